The number of hydrogen-bond donors (Lipinski definition) is 2. The van der Waals surface area contributed by atoms with E-state index < -0.39 is 0 Å². The molecule has 1 aromatic carbocycles. The summed E-state index contributed by atoms with van der Waals surface area (Å²) in [5, 5.41) is 18.1. The molecule has 1 aromatic rings. The van der Waals surface area contributed by atoms with Crippen molar-refractivity contribution in [3.8, 4) is 5.75 Å². The SMILES string of the molecule is CC(CCO)c1ccccc1O. The number of phenolic OH excluding ortho intramolecular Hbond substituents is 1. The van der Waals surface area contributed by atoms with Crippen molar-refractivity contribution in [2.75, 3.05) is 6.61 Å². The summed E-state index contributed by atoms with van der Waals surface area (Å²) in [6, 6.07) is 7.24. The number of benzene rings is 1. The van der Waals surface area contributed by atoms with Crippen LogP contribution in [0.2, 0.25) is 0 Å². The highest BCUT2D eigenvalue weighted by Gasteiger charge is 2.07. The van der Waals surface area contributed by atoms with Gasteiger partial charge in [-0.1, -0.05) is 25.1 Å². The van der Waals surface area contributed by atoms with E-state index in [2.05, 4.69) is 0 Å². The second-order valence-electron chi connectivity index (χ2n) is 2.97. The van der Waals surface area contributed by atoms with Crippen molar-refractivity contribution < 1.29 is 10.2 Å². The van der Waals surface area contributed by atoms with Gasteiger partial charge < -0.3 is 10.2 Å². The summed E-state index contributed by atoms with van der Waals surface area (Å²) in [7, 11) is 0. The van der Waals surface area contributed by atoms with E-state index >= 15 is 0 Å². The molecule has 1 atom stereocenters. The number of aromatic hydroxyl groups is 1. The highest BCUT2D eigenvalue weighted by molar-refractivity contribution is 5.34. The minimum Gasteiger partial charge on any atom is -0.508 e. The van der Waals surface area contributed by atoms with Crippen LogP contribution in [-0.2, 0) is 0 Å². The third-order valence-corrected chi connectivity index (χ3v) is 2.03. The molecule has 12 heavy (non-hydrogen) atoms. The van der Waals surface area contributed by atoms with E-state index in [1.807, 2.05) is 19.1 Å². The van der Waals surface area contributed by atoms with Gasteiger partial charge in [-0.25, -0.2) is 0 Å². The van der Waals surface area contributed by atoms with Crippen molar-refractivity contribution in [3.63, 3.8) is 0 Å². The molecule has 0 radical (unpaired) electrons. The van der Waals surface area contributed by atoms with Crippen LogP contribution in [0.4, 0.5) is 0 Å². The Kier molecular flexibility index (Phi) is 3.11. The normalized spacial score (nSPS) is 12.8. The fraction of sp³-hybridized carbons (Fsp3) is 0.400. The molecule has 2 heteroatoms. The summed E-state index contributed by atoms with van der Waals surface area (Å²) in [6.07, 6.45) is 0.692. The van der Waals surface area contributed by atoms with Crippen molar-refractivity contribution >= 4 is 0 Å². The lowest BCUT2D eigenvalue weighted by Crippen LogP contribution is -1.96. The Morgan fingerprint density at radius 1 is 1.33 bits per heavy atom. The lowest BCUT2D eigenvalue weighted by atomic mass is 9.97. The number of aliphatic hydroxyl groups is 1. The summed E-state index contributed by atoms with van der Waals surface area (Å²) < 4.78 is 0. The van der Waals surface area contributed by atoms with E-state index in [0.29, 0.717) is 12.2 Å². The van der Waals surface area contributed by atoms with Gasteiger partial charge in [0.25, 0.3) is 0 Å². The second-order valence-corrected chi connectivity index (χ2v) is 2.97. The highest BCUT2D eigenvalue weighted by atomic mass is 16.3. The number of rotatable bonds is 3. The predicted octanol–water partition coefficient (Wildman–Crippen LogP) is 1.88. The van der Waals surface area contributed by atoms with Gasteiger partial charge in [-0.2, -0.15) is 0 Å². The molecule has 1 unspecified atom stereocenters. The van der Waals surface area contributed by atoms with Gasteiger partial charge in [-0.15, -0.1) is 0 Å². The maximum atomic E-state index is 9.43. The van der Waals surface area contributed by atoms with Crippen molar-refractivity contribution in [2.45, 2.75) is 19.3 Å². The van der Waals surface area contributed by atoms with Crippen LogP contribution in [0.5, 0.6) is 5.75 Å². The van der Waals surface area contributed by atoms with Crippen LogP contribution in [-0.4, -0.2) is 16.8 Å². The molecule has 0 aliphatic rings. The third kappa shape index (κ3) is 1.98. The minimum atomic E-state index is 0.162. The maximum Gasteiger partial charge on any atom is 0.119 e. The molecule has 0 amide bonds. The van der Waals surface area contributed by atoms with Gasteiger partial charge in [0.05, 0.1) is 0 Å². The summed E-state index contributed by atoms with van der Waals surface area (Å²) in [4.78, 5) is 0. The summed E-state index contributed by atoms with van der Waals surface area (Å²) >= 11 is 0. The highest BCUT2D eigenvalue weighted by Crippen LogP contribution is 2.26. The molecule has 0 fully saturated rings. The van der Waals surface area contributed by atoms with Crippen LogP contribution in [0.15, 0.2) is 24.3 Å². The summed E-state index contributed by atoms with van der Waals surface area (Å²) in [5.41, 5.74) is 0.909. The van der Waals surface area contributed by atoms with E-state index in [1.165, 1.54) is 0 Å². The first kappa shape index (κ1) is 9.07. The van der Waals surface area contributed by atoms with Crippen LogP contribution in [0, 0.1) is 0 Å². The first-order valence-corrected chi connectivity index (χ1v) is 4.14. The Balaban J connectivity index is 2.79. The molecule has 0 saturated carbocycles. The molecule has 66 valence electrons. The van der Waals surface area contributed by atoms with Crippen LogP contribution in [0.1, 0.15) is 24.8 Å². The number of phenols is 1. The van der Waals surface area contributed by atoms with Gasteiger partial charge in [0, 0.05) is 6.61 Å². The third-order valence-electron chi connectivity index (χ3n) is 2.03. The van der Waals surface area contributed by atoms with Gasteiger partial charge in [-0.05, 0) is 24.0 Å². The first-order valence-electron chi connectivity index (χ1n) is 4.14. The zero-order chi connectivity index (χ0) is 8.97. The maximum absolute atomic E-state index is 9.43. The summed E-state index contributed by atoms with van der Waals surface area (Å²) in [5.74, 6) is 0.537. The lowest BCUT2D eigenvalue weighted by Gasteiger charge is -2.11. The monoisotopic (exact) mass is 166 g/mol. The lowest BCUT2D eigenvalue weighted by molar-refractivity contribution is 0.277. The molecule has 0 bridgehead atoms. The minimum absolute atomic E-state index is 0.162. The zero-order valence-electron chi connectivity index (χ0n) is 7.20. The van der Waals surface area contributed by atoms with Crippen LogP contribution in [0.3, 0.4) is 0 Å². The van der Waals surface area contributed by atoms with Crippen molar-refractivity contribution in [3.05, 3.63) is 29.8 Å². The standard InChI is InChI=1S/C10H14O2/c1-8(6-7-11)9-4-2-3-5-10(9)12/h2-5,8,11-12H,6-7H2,1H3. The number of hydrogen-bond acceptors (Lipinski definition) is 2. The van der Waals surface area contributed by atoms with Gasteiger partial charge in [0.1, 0.15) is 5.75 Å². The van der Waals surface area contributed by atoms with Crippen LogP contribution in [0.25, 0.3) is 0 Å². The summed E-state index contributed by atoms with van der Waals surface area (Å²) in [6.45, 7) is 2.15. The molecule has 2 nitrogen and oxygen atoms in total. The molecular formula is C10H14O2. The van der Waals surface area contributed by atoms with E-state index in [-0.39, 0.29) is 12.5 Å². The predicted molar refractivity (Wildman–Crippen MR) is 48.2 cm³/mol. The molecule has 0 heterocycles. The molecule has 2 N–H and O–H groups in total. The van der Waals surface area contributed by atoms with Gasteiger partial charge in [0.15, 0.2) is 0 Å². The van der Waals surface area contributed by atoms with E-state index in [0.717, 1.165) is 5.56 Å². The Morgan fingerprint density at radius 2 is 2.00 bits per heavy atom. The quantitative estimate of drug-likeness (QED) is 0.719. The molecule has 0 spiro atoms. The number of aliphatic hydroxyl groups excluding tert-OH is 1. The van der Waals surface area contributed by atoms with Gasteiger partial charge >= 0.3 is 0 Å². The molecular weight excluding hydrogens is 152 g/mol. The van der Waals surface area contributed by atoms with Crippen molar-refractivity contribution in [1.29, 1.82) is 0 Å². The Morgan fingerprint density at radius 3 is 2.58 bits per heavy atom. The second kappa shape index (κ2) is 4.12. The fourth-order valence-corrected chi connectivity index (χ4v) is 1.25. The molecule has 0 aliphatic carbocycles. The molecule has 0 saturated heterocycles. The van der Waals surface area contributed by atoms with Crippen molar-refractivity contribution in [1.82, 2.24) is 0 Å². The Hall–Kier alpha value is -1.02. The molecule has 1 rings (SSSR count). The number of para-hydroxylation sites is 1. The zero-order valence-corrected chi connectivity index (χ0v) is 7.20. The largest absolute Gasteiger partial charge is 0.508 e. The van der Waals surface area contributed by atoms with Crippen LogP contribution >= 0.6 is 0 Å². The van der Waals surface area contributed by atoms with E-state index in [9.17, 15) is 5.11 Å². The Labute approximate surface area is 72.5 Å². The fourth-order valence-electron chi connectivity index (χ4n) is 1.25. The molecule has 0 aliphatic heterocycles. The molecule has 0 aromatic heterocycles. The van der Waals surface area contributed by atoms with Crippen LogP contribution < -0.4 is 0 Å². The topological polar surface area (TPSA) is 40.5 Å². The van der Waals surface area contributed by atoms with E-state index in [4.69, 9.17) is 5.11 Å². The average molecular weight is 166 g/mol. The Bertz CT molecular complexity index is 245. The average Bonchev–Trinajstić information content (AvgIpc) is 2.05. The van der Waals surface area contributed by atoms with Gasteiger partial charge in [-0.3, -0.25) is 0 Å². The smallest absolute Gasteiger partial charge is 0.119 e. The first-order chi connectivity index (χ1) is 5.75. The van der Waals surface area contributed by atoms with E-state index in [1.54, 1.807) is 12.1 Å². The van der Waals surface area contributed by atoms with Gasteiger partial charge in [0.2, 0.25) is 0 Å². The van der Waals surface area contributed by atoms with Crippen molar-refractivity contribution in [2.24, 2.45) is 0 Å².